The lowest BCUT2D eigenvalue weighted by molar-refractivity contribution is 0.475. The first-order chi connectivity index (χ1) is 7.70. The van der Waals surface area contributed by atoms with Gasteiger partial charge in [-0.05, 0) is 17.7 Å². The Kier molecular flexibility index (Phi) is 2.78. The van der Waals surface area contributed by atoms with E-state index in [0.29, 0.717) is 18.9 Å². The average Bonchev–Trinajstić information content (AvgIpc) is 2.63. The molecule has 2 rings (SSSR count). The van der Waals surface area contributed by atoms with Gasteiger partial charge in [0.05, 0.1) is 12.7 Å². The third kappa shape index (κ3) is 1.99. The van der Waals surface area contributed by atoms with E-state index in [1.165, 1.54) is 0 Å². The normalized spacial score (nSPS) is 10.6. The van der Waals surface area contributed by atoms with E-state index in [4.69, 9.17) is 16.6 Å². The summed E-state index contributed by atoms with van der Waals surface area (Å²) in [6.45, 7) is 0.966. The zero-order valence-corrected chi connectivity index (χ0v) is 8.80. The fourth-order valence-corrected chi connectivity index (χ4v) is 1.49. The number of hydrogen-bond acceptors (Lipinski definition) is 4. The van der Waals surface area contributed by atoms with Crippen LogP contribution < -0.4 is 11.5 Å². The molecule has 0 aliphatic carbocycles. The van der Waals surface area contributed by atoms with Crippen LogP contribution in [0.2, 0.25) is 0 Å². The Morgan fingerprint density at radius 3 is 2.50 bits per heavy atom. The minimum absolute atomic E-state index is 0.250. The molecule has 0 saturated heterocycles. The van der Waals surface area contributed by atoms with Gasteiger partial charge in [-0.15, -0.1) is 0 Å². The van der Waals surface area contributed by atoms with Crippen LogP contribution in [0.25, 0.3) is 0 Å². The molecule has 0 saturated carbocycles. The lowest BCUT2D eigenvalue weighted by Crippen LogP contribution is -2.07. The van der Waals surface area contributed by atoms with Crippen LogP contribution in [0.1, 0.15) is 11.1 Å². The second-order valence-electron chi connectivity index (χ2n) is 3.58. The molecule has 0 amide bonds. The van der Waals surface area contributed by atoms with Crippen molar-refractivity contribution in [3.05, 3.63) is 41.6 Å². The van der Waals surface area contributed by atoms with Crippen LogP contribution in [-0.2, 0) is 13.1 Å². The van der Waals surface area contributed by atoms with Crippen molar-refractivity contribution < 1.29 is 5.11 Å². The van der Waals surface area contributed by atoms with Crippen LogP contribution in [-0.4, -0.2) is 14.9 Å². The standard InChI is InChI=1S/C11H14N4O/c12-5-9-6-14-15(11(9)13)7-8-1-3-10(16)4-2-8/h1-4,6,16H,5,7,12-13H2. The van der Waals surface area contributed by atoms with Crippen LogP contribution in [0.15, 0.2) is 30.5 Å². The Morgan fingerprint density at radius 2 is 1.94 bits per heavy atom. The first-order valence-electron chi connectivity index (χ1n) is 4.99. The number of benzene rings is 1. The van der Waals surface area contributed by atoms with Gasteiger partial charge in [-0.25, -0.2) is 4.68 Å². The van der Waals surface area contributed by atoms with Gasteiger partial charge in [0, 0.05) is 12.1 Å². The van der Waals surface area contributed by atoms with Crippen LogP contribution in [0, 0.1) is 0 Å². The van der Waals surface area contributed by atoms with E-state index in [-0.39, 0.29) is 5.75 Å². The first-order valence-corrected chi connectivity index (χ1v) is 4.99. The lowest BCUT2D eigenvalue weighted by atomic mass is 10.2. The van der Waals surface area contributed by atoms with Crippen molar-refractivity contribution in [2.45, 2.75) is 13.1 Å². The van der Waals surface area contributed by atoms with Crippen molar-refractivity contribution in [3.63, 3.8) is 0 Å². The predicted molar refractivity (Wildman–Crippen MR) is 61.7 cm³/mol. The summed E-state index contributed by atoms with van der Waals surface area (Å²) in [5.41, 5.74) is 13.2. The van der Waals surface area contributed by atoms with Gasteiger partial charge in [0.2, 0.25) is 0 Å². The van der Waals surface area contributed by atoms with E-state index in [9.17, 15) is 0 Å². The molecule has 5 N–H and O–H groups in total. The highest BCUT2D eigenvalue weighted by Gasteiger charge is 2.05. The van der Waals surface area contributed by atoms with Crippen LogP contribution in [0.3, 0.4) is 0 Å². The number of hydrogen-bond donors (Lipinski definition) is 3. The van der Waals surface area contributed by atoms with E-state index in [1.54, 1.807) is 23.0 Å². The molecule has 0 atom stereocenters. The molecule has 0 fully saturated rings. The molecule has 2 aromatic rings. The maximum absolute atomic E-state index is 9.16. The molecular weight excluding hydrogens is 204 g/mol. The molecule has 0 aliphatic rings. The lowest BCUT2D eigenvalue weighted by Gasteiger charge is -2.05. The van der Waals surface area contributed by atoms with E-state index in [0.717, 1.165) is 11.1 Å². The maximum atomic E-state index is 9.16. The number of nitrogens with two attached hydrogens (primary N) is 2. The van der Waals surface area contributed by atoms with E-state index in [2.05, 4.69) is 5.10 Å². The smallest absolute Gasteiger partial charge is 0.126 e. The quantitative estimate of drug-likeness (QED) is 0.706. The Morgan fingerprint density at radius 1 is 1.25 bits per heavy atom. The van der Waals surface area contributed by atoms with Crippen molar-refractivity contribution >= 4 is 5.82 Å². The van der Waals surface area contributed by atoms with Gasteiger partial charge in [0.25, 0.3) is 0 Å². The van der Waals surface area contributed by atoms with Crippen LogP contribution in [0.4, 0.5) is 5.82 Å². The summed E-state index contributed by atoms with van der Waals surface area (Å²) >= 11 is 0. The predicted octanol–water partition coefficient (Wildman–Crippen LogP) is 0.678. The van der Waals surface area contributed by atoms with Crippen LogP contribution >= 0.6 is 0 Å². The second kappa shape index (κ2) is 4.24. The summed E-state index contributed by atoms with van der Waals surface area (Å²) in [5, 5.41) is 13.3. The molecule has 84 valence electrons. The van der Waals surface area contributed by atoms with E-state index in [1.807, 2.05) is 12.1 Å². The fraction of sp³-hybridized carbons (Fsp3) is 0.182. The number of nitrogen functional groups attached to an aromatic ring is 1. The highest BCUT2D eigenvalue weighted by Crippen LogP contribution is 2.14. The molecular formula is C11H14N4O. The highest BCUT2D eigenvalue weighted by atomic mass is 16.3. The molecule has 0 aliphatic heterocycles. The number of phenolic OH excluding ortho intramolecular Hbond substituents is 1. The molecule has 0 spiro atoms. The minimum atomic E-state index is 0.250. The Balaban J connectivity index is 2.20. The molecule has 0 unspecified atom stereocenters. The van der Waals surface area contributed by atoms with Crippen LogP contribution in [0.5, 0.6) is 5.75 Å². The Bertz CT molecular complexity index is 475. The third-order valence-electron chi connectivity index (χ3n) is 2.45. The van der Waals surface area contributed by atoms with Gasteiger partial charge in [0.1, 0.15) is 11.6 Å². The first kappa shape index (κ1) is 10.5. The number of nitrogens with zero attached hydrogens (tertiary/aromatic N) is 2. The summed E-state index contributed by atoms with van der Waals surface area (Å²) in [6, 6.07) is 6.94. The zero-order chi connectivity index (χ0) is 11.5. The van der Waals surface area contributed by atoms with Gasteiger partial charge in [0.15, 0.2) is 0 Å². The van der Waals surface area contributed by atoms with Gasteiger partial charge in [-0.3, -0.25) is 0 Å². The van der Waals surface area contributed by atoms with Crippen molar-refractivity contribution in [2.24, 2.45) is 5.73 Å². The van der Waals surface area contributed by atoms with Gasteiger partial charge in [-0.1, -0.05) is 12.1 Å². The molecule has 5 heteroatoms. The number of rotatable bonds is 3. The molecule has 0 bridgehead atoms. The van der Waals surface area contributed by atoms with Crippen molar-refractivity contribution in [1.82, 2.24) is 9.78 Å². The summed E-state index contributed by atoms with van der Waals surface area (Å²) in [6.07, 6.45) is 1.68. The SMILES string of the molecule is NCc1cnn(Cc2ccc(O)cc2)c1N. The minimum Gasteiger partial charge on any atom is -0.508 e. The van der Waals surface area contributed by atoms with Gasteiger partial charge < -0.3 is 16.6 Å². The molecule has 0 radical (unpaired) electrons. The van der Waals surface area contributed by atoms with Gasteiger partial charge in [-0.2, -0.15) is 5.10 Å². The van der Waals surface area contributed by atoms with E-state index < -0.39 is 0 Å². The number of aromatic hydroxyl groups is 1. The average molecular weight is 218 g/mol. The highest BCUT2D eigenvalue weighted by molar-refractivity contribution is 5.39. The number of anilines is 1. The molecule has 5 nitrogen and oxygen atoms in total. The summed E-state index contributed by atoms with van der Waals surface area (Å²) < 4.78 is 1.69. The molecule has 1 heterocycles. The van der Waals surface area contributed by atoms with Gasteiger partial charge >= 0.3 is 0 Å². The Hall–Kier alpha value is -2.01. The molecule has 1 aromatic carbocycles. The number of aromatic nitrogens is 2. The zero-order valence-electron chi connectivity index (χ0n) is 8.80. The number of phenols is 1. The summed E-state index contributed by atoms with van der Waals surface area (Å²) in [7, 11) is 0. The molecule has 16 heavy (non-hydrogen) atoms. The third-order valence-corrected chi connectivity index (χ3v) is 2.45. The maximum Gasteiger partial charge on any atom is 0.126 e. The summed E-state index contributed by atoms with van der Waals surface area (Å²) in [4.78, 5) is 0. The van der Waals surface area contributed by atoms with Crippen molar-refractivity contribution in [2.75, 3.05) is 5.73 Å². The topological polar surface area (TPSA) is 90.1 Å². The molecule has 1 aromatic heterocycles. The second-order valence-corrected chi connectivity index (χ2v) is 3.58. The Labute approximate surface area is 93.3 Å². The largest absolute Gasteiger partial charge is 0.508 e. The summed E-state index contributed by atoms with van der Waals surface area (Å²) in [5.74, 6) is 0.843. The van der Waals surface area contributed by atoms with E-state index >= 15 is 0 Å². The van der Waals surface area contributed by atoms with Crippen molar-refractivity contribution in [3.8, 4) is 5.75 Å². The monoisotopic (exact) mass is 218 g/mol. The van der Waals surface area contributed by atoms with Crippen molar-refractivity contribution in [1.29, 1.82) is 0 Å². The fourth-order valence-electron chi connectivity index (χ4n) is 1.49.